The van der Waals surface area contributed by atoms with Crippen LogP contribution in [0.1, 0.15) is 81.3 Å². The van der Waals surface area contributed by atoms with Gasteiger partial charge in [0.25, 0.3) is 11.5 Å². The monoisotopic (exact) mass is 565 g/mol. The first-order valence-electron chi connectivity index (χ1n) is 13.4. The lowest BCUT2D eigenvalue weighted by Crippen LogP contribution is -2.38. The molecule has 212 valence electrons. The van der Waals surface area contributed by atoms with Crippen molar-refractivity contribution in [1.82, 2.24) is 9.97 Å². The Bertz CT molecular complexity index is 1890. The fraction of sp³-hybridized carbons (Fsp3) is 0.219. The number of ketones is 3. The van der Waals surface area contributed by atoms with Crippen LogP contribution in [0.5, 0.6) is 0 Å². The van der Waals surface area contributed by atoms with Crippen LogP contribution < -0.4 is 10.9 Å². The number of benzene rings is 3. The van der Waals surface area contributed by atoms with E-state index in [0.717, 1.165) is 5.56 Å². The van der Waals surface area contributed by atoms with Gasteiger partial charge in [0.05, 0.1) is 23.2 Å². The third-order valence-corrected chi connectivity index (χ3v) is 7.23. The number of carbonyl (C=O) groups is 5. The number of aromatic nitrogens is 2. The molecule has 1 atom stereocenters. The molecule has 1 aromatic heterocycles. The summed E-state index contributed by atoms with van der Waals surface area (Å²) in [4.78, 5) is 86.4. The molecule has 0 fully saturated rings. The maximum atomic E-state index is 13.5. The lowest BCUT2D eigenvalue weighted by molar-refractivity contribution is -0.150. The van der Waals surface area contributed by atoms with Crippen molar-refractivity contribution in [2.75, 3.05) is 11.9 Å². The second-order valence-corrected chi connectivity index (χ2v) is 10.2. The zero-order valence-electron chi connectivity index (χ0n) is 23.4. The fourth-order valence-electron chi connectivity index (χ4n) is 5.17. The number of aryl methyl sites for hydroxylation is 1. The van der Waals surface area contributed by atoms with Crippen molar-refractivity contribution in [3.05, 3.63) is 104 Å². The minimum Gasteiger partial charge on any atom is -0.465 e. The molecule has 1 aliphatic rings. The van der Waals surface area contributed by atoms with Crippen LogP contribution in [-0.4, -0.2) is 45.8 Å². The summed E-state index contributed by atoms with van der Waals surface area (Å²) in [5.41, 5.74) is 0.899. The number of hydrogen-bond acceptors (Lipinski definition) is 8. The summed E-state index contributed by atoms with van der Waals surface area (Å²) in [6.07, 6.45) is 0. The largest absolute Gasteiger partial charge is 0.465 e. The van der Waals surface area contributed by atoms with Gasteiger partial charge >= 0.3 is 5.97 Å². The molecule has 10 nitrogen and oxygen atoms in total. The van der Waals surface area contributed by atoms with E-state index >= 15 is 0 Å². The van der Waals surface area contributed by atoms with Gasteiger partial charge in [0, 0.05) is 22.4 Å². The molecule has 0 saturated heterocycles. The van der Waals surface area contributed by atoms with Crippen LogP contribution in [0.4, 0.5) is 5.69 Å². The third-order valence-electron chi connectivity index (χ3n) is 7.23. The number of amides is 1. The van der Waals surface area contributed by atoms with Gasteiger partial charge in [0.2, 0.25) is 5.78 Å². The molecule has 3 aromatic carbocycles. The van der Waals surface area contributed by atoms with E-state index in [4.69, 9.17) is 4.74 Å². The van der Waals surface area contributed by atoms with Gasteiger partial charge in [-0.25, -0.2) is 4.98 Å². The van der Waals surface area contributed by atoms with Gasteiger partial charge in [-0.1, -0.05) is 56.3 Å². The summed E-state index contributed by atoms with van der Waals surface area (Å²) in [5, 5.41) is 2.61. The maximum Gasteiger partial charge on any atom is 0.323 e. The predicted molar refractivity (Wildman–Crippen MR) is 154 cm³/mol. The molecule has 42 heavy (non-hydrogen) atoms. The van der Waals surface area contributed by atoms with Crippen molar-refractivity contribution >= 4 is 45.9 Å². The first-order chi connectivity index (χ1) is 20.0. The molecule has 0 bridgehead atoms. The summed E-state index contributed by atoms with van der Waals surface area (Å²) in [6.45, 7) is 7.04. The smallest absolute Gasteiger partial charge is 0.323 e. The SMILES string of the molecule is CCOC(=O)[C@@H](C(=O)C(=O)Nc1c(C)cccc1C(C)C)c1nc2ccc3c(c2[nH]c1=O)C(=O)c1ccccc1C3=O. The van der Waals surface area contributed by atoms with Crippen molar-refractivity contribution in [2.45, 2.75) is 39.5 Å². The minimum atomic E-state index is -1.97. The lowest BCUT2D eigenvalue weighted by atomic mass is 9.83. The van der Waals surface area contributed by atoms with Gasteiger partial charge in [-0.2, -0.15) is 0 Å². The number of nitrogens with one attached hydrogen (secondary N) is 2. The quantitative estimate of drug-likeness (QED) is 0.171. The molecule has 10 heteroatoms. The van der Waals surface area contributed by atoms with Crippen LogP contribution >= 0.6 is 0 Å². The number of fused-ring (bicyclic) bond motifs is 4. The van der Waals surface area contributed by atoms with Crippen molar-refractivity contribution in [1.29, 1.82) is 0 Å². The summed E-state index contributed by atoms with van der Waals surface area (Å²) < 4.78 is 5.06. The number of anilines is 1. The van der Waals surface area contributed by atoms with Gasteiger partial charge < -0.3 is 15.0 Å². The summed E-state index contributed by atoms with van der Waals surface area (Å²) in [5.74, 6) is -6.29. The molecule has 1 aliphatic carbocycles. The molecule has 2 N–H and O–H groups in total. The Morgan fingerprint density at radius 3 is 2.26 bits per heavy atom. The highest BCUT2D eigenvalue weighted by atomic mass is 16.5. The number of para-hydroxylation sites is 1. The second kappa shape index (κ2) is 11.0. The third kappa shape index (κ3) is 4.70. The minimum absolute atomic E-state index is 0.0184. The van der Waals surface area contributed by atoms with Crippen molar-refractivity contribution in [3.63, 3.8) is 0 Å². The topological polar surface area (TPSA) is 152 Å². The summed E-state index contributed by atoms with van der Waals surface area (Å²) >= 11 is 0. The van der Waals surface area contributed by atoms with E-state index in [1.165, 1.54) is 25.1 Å². The normalized spacial score (nSPS) is 13.0. The fourth-order valence-corrected chi connectivity index (χ4v) is 5.17. The number of rotatable bonds is 7. The Morgan fingerprint density at radius 2 is 1.60 bits per heavy atom. The van der Waals surface area contributed by atoms with E-state index in [-0.39, 0.29) is 51.6 Å². The average Bonchev–Trinajstić information content (AvgIpc) is 2.96. The molecule has 0 unspecified atom stereocenters. The zero-order valence-corrected chi connectivity index (χ0v) is 23.4. The molecule has 5 rings (SSSR count). The maximum absolute atomic E-state index is 13.5. The highest BCUT2D eigenvalue weighted by Crippen LogP contribution is 2.32. The molecule has 4 aromatic rings. The van der Waals surface area contributed by atoms with Crippen molar-refractivity contribution < 1.29 is 28.7 Å². The average molecular weight is 566 g/mol. The Morgan fingerprint density at radius 1 is 0.905 bits per heavy atom. The van der Waals surface area contributed by atoms with Crippen LogP contribution in [0.15, 0.2) is 59.4 Å². The first kappa shape index (κ1) is 28.3. The van der Waals surface area contributed by atoms with E-state index in [1.54, 1.807) is 31.2 Å². The molecule has 0 radical (unpaired) electrons. The number of esters is 1. The molecule has 0 spiro atoms. The van der Waals surface area contributed by atoms with Crippen LogP contribution in [0.3, 0.4) is 0 Å². The number of aromatic amines is 1. The Kier molecular flexibility index (Phi) is 7.38. The van der Waals surface area contributed by atoms with Gasteiger partial charge in [0.15, 0.2) is 17.5 Å². The van der Waals surface area contributed by atoms with Crippen LogP contribution in [-0.2, 0) is 19.1 Å². The van der Waals surface area contributed by atoms with Gasteiger partial charge in [-0.15, -0.1) is 0 Å². The highest BCUT2D eigenvalue weighted by molar-refractivity contribution is 6.45. The van der Waals surface area contributed by atoms with Gasteiger partial charge in [-0.05, 0) is 43.0 Å². The number of Topliss-reactive ketones (excluding diaryl/α,β-unsaturated/α-hetero) is 1. The van der Waals surface area contributed by atoms with Crippen molar-refractivity contribution in [2.24, 2.45) is 0 Å². The highest BCUT2D eigenvalue weighted by Gasteiger charge is 2.39. The summed E-state index contributed by atoms with van der Waals surface area (Å²) in [6, 6.07) is 14.6. The number of carbonyl (C=O) groups excluding carboxylic acids is 5. The molecule has 1 heterocycles. The number of H-pyrrole nitrogens is 1. The van der Waals surface area contributed by atoms with Crippen LogP contribution in [0.25, 0.3) is 11.0 Å². The van der Waals surface area contributed by atoms with Crippen molar-refractivity contribution in [3.8, 4) is 0 Å². The molecular formula is C32H27N3O7. The van der Waals surface area contributed by atoms with Gasteiger partial charge in [-0.3, -0.25) is 28.8 Å². The van der Waals surface area contributed by atoms with Crippen LogP contribution in [0.2, 0.25) is 0 Å². The standard InChI is InChI=1S/C32H27N3O7/c1-5-42-32(41)23(29(38)31(40)34-24-16(4)9-8-12-17(24)15(2)3)26-30(39)35-25-21(33-26)14-13-20-22(25)28(37)19-11-7-6-10-18(19)27(20)36/h6-15,23H,5H2,1-4H3,(H,34,40)(H,35,39)/t23-/m1/s1. The lowest BCUT2D eigenvalue weighted by Gasteiger charge is -2.20. The number of ether oxygens (including phenoxy) is 1. The van der Waals surface area contributed by atoms with E-state index in [0.29, 0.717) is 11.3 Å². The Hall–Kier alpha value is -5.25. The Labute approximate surface area is 240 Å². The van der Waals surface area contributed by atoms with Gasteiger partial charge in [0.1, 0.15) is 5.69 Å². The molecular weight excluding hydrogens is 538 g/mol. The first-order valence-corrected chi connectivity index (χ1v) is 13.4. The van der Waals surface area contributed by atoms with E-state index in [2.05, 4.69) is 15.3 Å². The van der Waals surface area contributed by atoms with Crippen LogP contribution in [0, 0.1) is 6.92 Å². The van der Waals surface area contributed by atoms with E-state index in [9.17, 15) is 28.8 Å². The number of hydrogen-bond donors (Lipinski definition) is 2. The Balaban J connectivity index is 1.60. The predicted octanol–water partition coefficient (Wildman–Crippen LogP) is 3.98. The zero-order chi connectivity index (χ0) is 30.3. The van der Waals surface area contributed by atoms with E-state index in [1.807, 2.05) is 26.0 Å². The van der Waals surface area contributed by atoms with E-state index < -0.39 is 40.6 Å². The summed E-state index contributed by atoms with van der Waals surface area (Å²) in [7, 11) is 0. The number of nitrogens with zero attached hydrogens (tertiary/aromatic N) is 1. The molecule has 0 saturated carbocycles. The molecule has 0 aliphatic heterocycles. The second-order valence-electron chi connectivity index (χ2n) is 10.2. The molecule has 1 amide bonds.